The number of nitro benzene ring substituents is 1. The number of Topliss-reactive ketones (excluding diaryl/α,β-unsaturated/α-hetero) is 1. The van der Waals surface area contributed by atoms with Crippen molar-refractivity contribution in [2.45, 2.75) is 19.9 Å². The standard InChI is InChI=1S/C20H22N4O5S/c1-11-19(30-12(2)21-11)17(25)15-16(13-5-7-14(8-6-13)24(28)29)23(10-9-22(3)4)20(27)18(15)26/h5-8,16,26H,9-10H2,1-4H3/t16-/m1/s1. The van der Waals surface area contributed by atoms with E-state index in [1.54, 1.807) is 13.8 Å². The van der Waals surface area contributed by atoms with E-state index in [9.17, 15) is 24.8 Å². The van der Waals surface area contributed by atoms with Gasteiger partial charge in [0.2, 0.25) is 5.78 Å². The second-order valence-electron chi connectivity index (χ2n) is 7.29. The minimum Gasteiger partial charge on any atom is -0.503 e. The summed E-state index contributed by atoms with van der Waals surface area (Å²) in [4.78, 5) is 44.6. The minimum atomic E-state index is -0.840. The molecule has 1 aromatic carbocycles. The van der Waals surface area contributed by atoms with Crippen LogP contribution in [0.5, 0.6) is 0 Å². The molecule has 1 aromatic heterocycles. The molecule has 1 aliphatic heterocycles. The van der Waals surface area contributed by atoms with Crippen molar-refractivity contribution in [3.63, 3.8) is 0 Å². The zero-order chi connectivity index (χ0) is 22.2. The molecule has 1 N–H and O–H groups in total. The number of carbonyl (C=O) groups is 2. The first-order valence-corrected chi connectivity index (χ1v) is 10.0. The average molecular weight is 430 g/mol. The van der Waals surface area contributed by atoms with E-state index in [-0.39, 0.29) is 17.8 Å². The number of hydrogen-bond donors (Lipinski definition) is 1. The molecule has 0 spiro atoms. The summed E-state index contributed by atoms with van der Waals surface area (Å²) in [6, 6.07) is 4.82. The second-order valence-corrected chi connectivity index (χ2v) is 8.50. The van der Waals surface area contributed by atoms with E-state index in [0.29, 0.717) is 27.7 Å². The Hall–Kier alpha value is -3.11. The molecule has 3 rings (SSSR count). The molecule has 2 aromatic rings. The van der Waals surface area contributed by atoms with Gasteiger partial charge in [0.1, 0.15) is 0 Å². The van der Waals surface area contributed by atoms with Crippen molar-refractivity contribution in [1.82, 2.24) is 14.8 Å². The van der Waals surface area contributed by atoms with E-state index >= 15 is 0 Å². The fraction of sp³-hybridized carbons (Fsp3) is 0.350. The van der Waals surface area contributed by atoms with Crippen LogP contribution in [-0.4, -0.2) is 63.7 Å². The van der Waals surface area contributed by atoms with Crippen LogP contribution < -0.4 is 0 Å². The Morgan fingerprint density at radius 2 is 1.93 bits per heavy atom. The first kappa shape index (κ1) is 21.6. The number of ketones is 1. The molecule has 0 aliphatic carbocycles. The highest BCUT2D eigenvalue weighted by Crippen LogP contribution is 2.40. The van der Waals surface area contributed by atoms with Crippen molar-refractivity contribution in [1.29, 1.82) is 0 Å². The van der Waals surface area contributed by atoms with Crippen LogP contribution in [0.25, 0.3) is 0 Å². The third-order valence-corrected chi connectivity index (χ3v) is 5.94. The van der Waals surface area contributed by atoms with E-state index < -0.39 is 28.4 Å². The minimum absolute atomic E-state index is 0.0284. The Morgan fingerprint density at radius 3 is 2.43 bits per heavy atom. The van der Waals surface area contributed by atoms with Crippen LogP contribution in [0.4, 0.5) is 5.69 Å². The van der Waals surface area contributed by atoms with Gasteiger partial charge in [-0.3, -0.25) is 19.7 Å². The molecule has 0 saturated heterocycles. The zero-order valence-electron chi connectivity index (χ0n) is 17.1. The Bertz CT molecular complexity index is 1040. The number of nitro groups is 1. The number of non-ortho nitro benzene ring substituents is 1. The maximum Gasteiger partial charge on any atom is 0.290 e. The monoisotopic (exact) mass is 430 g/mol. The Labute approximate surface area is 177 Å². The van der Waals surface area contributed by atoms with Gasteiger partial charge in [0, 0.05) is 25.2 Å². The Balaban J connectivity index is 2.09. The molecule has 0 fully saturated rings. The van der Waals surface area contributed by atoms with Gasteiger partial charge >= 0.3 is 0 Å². The van der Waals surface area contributed by atoms with Crippen molar-refractivity contribution in [2.75, 3.05) is 27.2 Å². The van der Waals surface area contributed by atoms with Gasteiger partial charge in [-0.25, -0.2) is 4.98 Å². The molecule has 1 atom stereocenters. The van der Waals surface area contributed by atoms with Gasteiger partial charge in [0.05, 0.1) is 32.1 Å². The van der Waals surface area contributed by atoms with E-state index in [1.807, 2.05) is 19.0 Å². The van der Waals surface area contributed by atoms with Gasteiger partial charge < -0.3 is 14.9 Å². The van der Waals surface area contributed by atoms with Crippen LogP contribution >= 0.6 is 11.3 Å². The van der Waals surface area contributed by atoms with E-state index in [4.69, 9.17) is 0 Å². The number of thiazole rings is 1. The SMILES string of the molecule is Cc1nc(C)c(C(=O)C2=C(O)C(=O)N(CCN(C)C)[C@@H]2c2ccc([N+](=O)[O-])cc2)s1. The molecular weight excluding hydrogens is 408 g/mol. The lowest BCUT2D eigenvalue weighted by molar-refractivity contribution is -0.384. The highest BCUT2D eigenvalue weighted by Gasteiger charge is 2.44. The predicted octanol–water partition coefficient (Wildman–Crippen LogP) is 2.81. The summed E-state index contributed by atoms with van der Waals surface area (Å²) in [7, 11) is 3.70. The molecule has 1 amide bonds. The third-order valence-electron chi connectivity index (χ3n) is 4.87. The maximum absolute atomic E-state index is 13.3. The van der Waals surface area contributed by atoms with Crippen molar-refractivity contribution in [3.05, 3.63) is 66.9 Å². The molecule has 9 nitrogen and oxygen atoms in total. The van der Waals surface area contributed by atoms with Crippen molar-refractivity contribution < 1.29 is 19.6 Å². The smallest absolute Gasteiger partial charge is 0.290 e. The number of nitrogens with zero attached hydrogens (tertiary/aromatic N) is 4. The molecule has 0 bridgehead atoms. The number of likely N-dealkylation sites (N-methyl/N-ethyl adjacent to an activating group) is 1. The molecule has 0 saturated carbocycles. The number of hydrogen-bond acceptors (Lipinski definition) is 8. The summed E-state index contributed by atoms with van der Waals surface area (Å²) < 4.78 is 0. The molecule has 0 unspecified atom stereocenters. The zero-order valence-corrected chi connectivity index (χ0v) is 17.9. The lowest BCUT2D eigenvalue weighted by Crippen LogP contribution is -2.36. The van der Waals surface area contributed by atoms with Crippen LogP contribution in [0.3, 0.4) is 0 Å². The highest BCUT2D eigenvalue weighted by molar-refractivity contribution is 7.14. The van der Waals surface area contributed by atoms with E-state index in [0.717, 1.165) is 0 Å². The van der Waals surface area contributed by atoms with Crippen molar-refractivity contribution in [2.24, 2.45) is 0 Å². The van der Waals surface area contributed by atoms with Crippen LogP contribution in [0, 0.1) is 24.0 Å². The second kappa shape index (κ2) is 8.33. The number of carbonyl (C=O) groups excluding carboxylic acids is 2. The van der Waals surface area contributed by atoms with Gasteiger partial charge in [0.15, 0.2) is 5.76 Å². The average Bonchev–Trinajstić information content (AvgIpc) is 3.15. The predicted molar refractivity (Wildman–Crippen MR) is 112 cm³/mol. The van der Waals surface area contributed by atoms with Crippen LogP contribution in [0.2, 0.25) is 0 Å². The normalized spacial score (nSPS) is 16.6. The molecule has 0 radical (unpaired) electrons. The number of benzene rings is 1. The van der Waals surface area contributed by atoms with Crippen molar-refractivity contribution in [3.8, 4) is 0 Å². The molecule has 158 valence electrons. The van der Waals surface area contributed by atoms with Gasteiger partial charge in [-0.1, -0.05) is 0 Å². The molecular formula is C20H22N4O5S. The van der Waals surface area contributed by atoms with Gasteiger partial charge in [0.25, 0.3) is 11.6 Å². The Morgan fingerprint density at radius 1 is 1.30 bits per heavy atom. The lowest BCUT2D eigenvalue weighted by atomic mass is 9.95. The summed E-state index contributed by atoms with van der Waals surface area (Å²) in [5.41, 5.74) is 0.917. The fourth-order valence-electron chi connectivity index (χ4n) is 3.41. The number of aromatic nitrogens is 1. The molecule has 1 aliphatic rings. The van der Waals surface area contributed by atoms with Crippen LogP contribution in [0.1, 0.15) is 32.0 Å². The number of rotatable bonds is 7. The quantitative estimate of drug-likeness (QED) is 0.408. The first-order chi connectivity index (χ1) is 14.1. The summed E-state index contributed by atoms with van der Waals surface area (Å²) in [6.45, 7) is 4.27. The maximum atomic E-state index is 13.3. The highest BCUT2D eigenvalue weighted by atomic mass is 32.1. The number of aliphatic hydroxyl groups excluding tert-OH is 1. The fourth-order valence-corrected chi connectivity index (χ4v) is 4.29. The first-order valence-electron chi connectivity index (χ1n) is 9.23. The van der Waals surface area contributed by atoms with Gasteiger partial charge in [-0.2, -0.15) is 0 Å². The lowest BCUT2D eigenvalue weighted by Gasteiger charge is -2.27. The van der Waals surface area contributed by atoms with Gasteiger partial charge in [-0.15, -0.1) is 11.3 Å². The number of amides is 1. The summed E-state index contributed by atoms with van der Waals surface area (Å²) in [5.74, 6) is -1.69. The van der Waals surface area contributed by atoms with Crippen molar-refractivity contribution >= 4 is 28.7 Å². The van der Waals surface area contributed by atoms with E-state index in [2.05, 4.69) is 4.98 Å². The summed E-state index contributed by atoms with van der Waals surface area (Å²) in [5, 5.41) is 22.3. The number of aryl methyl sites for hydroxylation is 2. The number of aliphatic hydroxyl groups is 1. The largest absolute Gasteiger partial charge is 0.503 e. The van der Waals surface area contributed by atoms with E-state index in [1.165, 1.54) is 40.5 Å². The van der Waals surface area contributed by atoms with Gasteiger partial charge in [-0.05, 0) is 45.6 Å². The molecule has 10 heteroatoms. The van der Waals surface area contributed by atoms with Crippen LogP contribution in [-0.2, 0) is 4.79 Å². The summed E-state index contributed by atoms with van der Waals surface area (Å²) in [6.07, 6.45) is 0. The van der Waals surface area contributed by atoms with Crippen LogP contribution in [0.15, 0.2) is 35.6 Å². The Kier molecular flexibility index (Phi) is 5.99. The molecule has 30 heavy (non-hydrogen) atoms. The summed E-state index contributed by atoms with van der Waals surface area (Å²) >= 11 is 1.20. The topological polar surface area (TPSA) is 117 Å². The third kappa shape index (κ3) is 3.96. The molecule has 2 heterocycles.